The fourth-order valence-electron chi connectivity index (χ4n) is 1.97. The summed E-state index contributed by atoms with van der Waals surface area (Å²) in [5.74, 6) is 0.881. The van der Waals surface area contributed by atoms with Crippen molar-refractivity contribution in [3.8, 4) is 11.8 Å². The molecule has 0 aliphatic carbocycles. The van der Waals surface area contributed by atoms with Crippen molar-refractivity contribution in [1.82, 2.24) is 9.55 Å². The second kappa shape index (κ2) is 5.37. The predicted molar refractivity (Wildman–Crippen MR) is 68.3 cm³/mol. The van der Waals surface area contributed by atoms with Gasteiger partial charge in [-0.1, -0.05) is 18.2 Å². The molecule has 0 spiro atoms. The van der Waals surface area contributed by atoms with Gasteiger partial charge >= 0.3 is 0 Å². The Morgan fingerprint density at radius 2 is 2.11 bits per heavy atom. The molecule has 0 N–H and O–H groups in total. The van der Waals surface area contributed by atoms with E-state index in [4.69, 9.17) is 10.00 Å². The minimum atomic E-state index is 0.630. The summed E-state index contributed by atoms with van der Waals surface area (Å²) in [4.78, 5) is 4.26. The van der Waals surface area contributed by atoms with Gasteiger partial charge in [-0.2, -0.15) is 5.26 Å². The summed E-state index contributed by atoms with van der Waals surface area (Å²) in [5, 5.41) is 9.05. The molecule has 4 heteroatoms. The van der Waals surface area contributed by atoms with Gasteiger partial charge < -0.3 is 9.30 Å². The van der Waals surface area contributed by atoms with Gasteiger partial charge in [0.25, 0.3) is 0 Å². The number of hydrogen-bond acceptors (Lipinski definition) is 3. The zero-order valence-corrected chi connectivity index (χ0v) is 10.6. The molecule has 1 aromatic carbocycles. The van der Waals surface area contributed by atoms with E-state index in [-0.39, 0.29) is 0 Å². The highest BCUT2D eigenvalue weighted by Gasteiger charge is 2.09. The zero-order valence-electron chi connectivity index (χ0n) is 10.6. The van der Waals surface area contributed by atoms with Crippen molar-refractivity contribution >= 4 is 0 Å². The molecule has 92 valence electrons. The van der Waals surface area contributed by atoms with Gasteiger partial charge in [0.1, 0.15) is 17.5 Å². The minimum Gasteiger partial charge on any atom is -0.496 e. The molecular weight excluding hydrogens is 226 g/mol. The van der Waals surface area contributed by atoms with E-state index in [1.807, 2.05) is 31.3 Å². The minimum absolute atomic E-state index is 0.630. The summed E-state index contributed by atoms with van der Waals surface area (Å²) in [6.45, 7) is 0. The molecule has 18 heavy (non-hydrogen) atoms. The van der Waals surface area contributed by atoms with Crippen LogP contribution in [0.4, 0.5) is 0 Å². The number of imidazole rings is 1. The maximum absolute atomic E-state index is 9.05. The molecular formula is C14H15N3O. The average molecular weight is 241 g/mol. The van der Waals surface area contributed by atoms with Crippen molar-refractivity contribution in [2.75, 3.05) is 7.11 Å². The summed E-state index contributed by atoms with van der Waals surface area (Å²) in [5.41, 5.74) is 2.60. The van der Waals surface area contributed by atoms with Crippen LogP contribution in [0.15, 0.2) is 30.6 Å². The first kappa shape index (κ1) is 12.2. The monoisotopic (exact) mass is 241 g/mol. The summed E-state index contributed by atoms with van der Waals surface area (Å²) >= 11 is 0. The first-order valence-corrected chi connectivity index (χ1v) is 5.78. The molecule has 0 saturated heterocycles. The lowest BCUT2D eigenvalue weighted by molar-refractivity contribution is 0.409. The maximum Gasteiger partial charge on any atom is 0.142 e. The Bertz CT molecular complexity index is 581. The normalized spacial score (nSPS) is 10.1. The molecule has 0 atom stereocenters. The fourth-order valence-corrected chi connectivity index (χ4v) is 1.97. The molecule has 1 heterocycles. The Morgan fingerprint density at radius 3 is 2.83 bits per heavy atom. The first-order chi connectivity index (χ1) is 8.76. The summed E-state index contributed by atoms with van der Waals surface area (Å²) in [6.07, 6.45) is 3.23. The number of rotatable bonds is 4. The van der Waals surface area contributed by atoms with Crippen molar-refractivity contribution in [1.29, 1.82) is 5.26 Å². The van der Waals surface area contributed by atoms with E-state index in [2.05, 4.69) is 11.1 Å². The van der Waals surface area contributed by atoms with Gasteiger partial charge in [0.2, 0.25) is 0 Å². The van der Waals surface area contributed by atoms with Gasteiger partial charge in [-0.15, -0.1) is 0 Å². The van der Waals surface area contributed by atoms with Crippen LogP contribution in [0.1, 0.15) is 17.0 Å². The van der Waals surface area contributed by atoms with E-state index in [1.165, 1.54) is 0 Å². The Morgan fingerprint density at radius 1 is 1.33 bits per heavy atom. The molecule has 0 unspecified atom stereocenters. The van der Waals surface area contributed by atoms with E-state index in [0.29, 0.717) is 5.69 Å². The molecule has 0 radical (unpaired) electrons. The third-order valence-corrected chi connectivity index (χ3v) is 2.94. The lowest BCUT2D eigenvalue weighted by atomic mass is 10.1. The van der Waals surface area contributed by atoms with Crippen LogP contribution in [0.25, 0.3) is 0 Å². The zero-order chi connectivity index (χ0) is 13.0. The highest BCUT2D eigenvalue weighted by atomic mass is 16.5. The van der Waals surface area contributed by atoms with Gasteiger partial charge in [-0.3, -0.25) is 0 Å². The van der Waals surface area contributed by atoms with Crippen LogP contribution in [-0.4, -0.2) is 16.7 Å². The number of aryl methyl sites for hydroxylation is 3. The van der Waals surface area contributed by atoms with Crippen LogP contribution >= 0.6 is 0 Å². The molecule has 0 saturated carbocycles. The number of para-hydroxylation sites is 1. The Labute approximate surface area is 106 Å². The Hall–Kier alpha value is -2.28. The second-order valence-electron chi connectivity index (χ2n) is 4.07. The van der Waals surface area contributed by atoms with Gasteiger partial charge in [0, 0.05) is 7.05 Å². The number of nitrogens with zero attached hydrogens (tertiary/aromatic N) is 3. The topological polar surface area (TPSA) is 50.8 Å². The largest absolute Gasteiger partial charge is 0.496 e. The van der Waals surface area contributed by atoms with Crippen LogP contribution in [0.3, 0.4) is 0 Å². The SMILES string of the molecule is COc1ccccc1CCc1ncn(C)c1C#N. The standard InChI is InChI=1S/C14H15N3O/c1-17-10-16-12(13(17)9-15)8-7-11-5-3-4-6-14(11)18-2/h3-6,10H,7-8H2,1-2H3. The second-order valence-corrected chi connectivity index (χ2v) is 4.07. The summed E-state index contributed by atoms with van der Waals surface area (Å²) in [6, 6.07) is 10.1. The quantitative estimate of drug-likeness (QED) is 0.823. The third-order valence-electron chi connectivity index (χ3n) is 2.94. The molecule has 0 fully saturated rings. The van der Waals surface area contributed by atoms with Crippen LogP contribution in [0.5, 0.6) is 5.75 Å². The number of ether oxygens (including phenoxy) is 1. The van der Waals surface area contributed by atoms with Crippen molar-refractivity contribution in [3.63, 3.8) is 0 Å². The summed E-state index contributed by atoms with van der Waals surface area (Å²) in [7, 11) is 3.50. The average Bonchev–Trinajstić information content (AvgIpc) is 2.77. The molecule has 1 aromatic heterocycles. The smallest absolute Gasteiger partial charge is 0.142 e. The number of aromatic nitrogens is 2. The summed E-state index contributed by atoms with van der Waals surface area (Å²) < 4.78 is 7.05. The number of benzene rings is 1. The Balaban J connectivity index is 2.14. The first-order valence-electron chi connectivity index (χ1n) is 5.78. The lowest BCUT2D eigenvalue weighted by Gasteiger charge is -2.07. The molecule has 0 aliphatic rings. The van der Waals surface area contributed by atoms with Crippen molar-refractivity contribution in [3.05, 3.63) is 47.5 Å². The molecule has 4 nitrogen and oxygen atoms in total. The lowest BCUT2D eigenvalue weighted by Crippen LogP contribution is -1.98. The van der Waals surface area contributed by atoms with Gasteiger partial charge in [0.05, 0.1) is 19.1 Å². The van der Waals surface area contributed by atoms with Gasteiger partial charge in [-0.05, 0) is 24.5 Å². The van der Waals surface area contributed by atoms with Crippen LogP contribution in [0.2, 0.25) is 0 Å². The number of nitriles is 1. The number of hydrogen-bond donors (Lipinski definition) is 0. The van der Waals surface area contributed by atoms with Crippen LogP contribution in [-0.2, 0) is 19.9 Å². The van der Waals surface area contributed by atoms with Gasteiger partial charge in [-0.25, -0.2) is 4.98 Å². The van der Waals surface area contributed by atoms with Crippen LogP contribution < -0.4 is 4.74 Å². The van der Waals surface area contributed by atoms with Crippen molar-refractivity contribution in [2.45, 2.75) is 12.8 Å². The molecule has 0 bridgehead atoms. The molecule has 0 amide bonds. The van der Waals surface area contributed by atoms with E-state index >= 15 is 0 Å². The van der Waals surface area contributed by atoms with E-state index in [9.17, 15) is 0 Å². The highest BCUT2D eigenvalue weighted by Crippen LogP contribution is 2.19. The fraction of sp³-hybridized carbons (Fsp3) is 0.286. The third kappa shape index (κ3) is 2.35. The number of methoxy groups -OCH3 is 1. The Kier molecular flexibility index (Phi) is 3.63. The van der Waals surface area contributed by atoms with E-state index < -0.39 is 0 Å². The predicted octanol–water partition coefficient (Wildman–Crippen LogP) is 2.09. The van der Waals surface area contributed by atoms with E-state index in [1.54, 1.807) is 18.0 Å². The van der Waals surface area contributed by atoms with Crippen molar-refractivity contribution < 1.29 is 4.74 Å². The van der Waals surface area contributed by atoms with E-state index in [0.717, 1.165) is 29.8 Å². The molecule has 2 aromatic rings. The maximum atomic E-state index is 9.05. The van der Waals surface area contributed by atoms with Crippen molar-refractivity contribution in [2.24, 2.45) is 7.05 Å². The highest BCUT2D eigenvalue weighted by molar-refractivity contribution is 5.35. The van der Waals surface area contributed by atoms with Gasteiger partial charge in [0.15, 0.2) is 0 Å². The molecule has 0 aliphatic heterocycles. The molecule has 2 rings (SSSR count). The van der Waals surface area contributed by atoms with Crippen LogP contribution in [0, 0.1) is 11.3 Å².